The van der Waals surface area contributed by atoms with E-state index in [1.807, 2.05) is 110 Å². The predicted molar refractivity (Wildman–Crippen MR) is 455 cm³/mol. The van der Waals surface area contributed by atoms with Crippen molar-refractivity contribution in [3.63, 3.8) is 0 Å². The van der Waals surface area contributed by atoms with Gasteiger partial charge in [0.05, 0.1) is 33.4 Å². The second-order valence-electron chi connectivity index (χ2n) is 29.2. The third-order valence-corrected chi connectivity index (χ3v) is 21.6. The summed E-state index contributed by atoms with van der Waals surface area (Å²) in [6.45, 7) is 13.3. The zero-order valence-electron chi connectivity index (χ0n) is 62.4. The van der Waals surface area contributed by atoms with E-state index in [4.69, 9.17) is 29.9 Å². The summed E-state index contributed by atoms with van der Waals surface area (Å²) in [5, 5.41) is 4.57. The second-order valence-corrected chi connectivity index (χ2v) is 29.2. The van der Waals surface area contributed by atoms with Gasteiger partial charge in [0.1, 0.15) is 0 Å². The van der Waals surface area contributed by atoms with Gasteiger partial charge in [-0.05, 0) is 199 Å². The Labute approximate surface area is 644 Å². The fourth-order valence-corrected chi connectivity index (χ4v) is 16.5. The molecule has 6 heterocycles. The molecule has 0 unspecified atom stereocenters. The van der Waals surface area contributed by atoms with E-state index >= 15 is 0 Å². The van der Waals surface area contributed by atoms with Crippen LogP contribution < -0.4 is 0 Å². The number of hydrogen-bond donors (Lipinski definition) is 0. The topological polar surface area (TPSA) is 113 Å². The lowest BCUT2D eigenvalue weighted by atomic mass is 9.92. The van der Waals surface area contributed by atoms with Crippen LogP contribution in [0.15, 0.2) is 328 Å². The van der Waals surface area contributed by atoms with E-state index < -0.39 is 0 Å². The quantitative estimate of drug-likeness (QED) is 0.0997. The van der Waals surface area contributed by atoms with Gasteiger partial charge in [0.2, 0.25) is 0 Å². The van der Waals surface area contributed by atoms with Crippen molar-refractivity contribution in [1.82, 2.24) is 49.0 Å². The van der Waals surface area contributed by atoms with Gasteiger partial charge >= 0.3 is 0 Å². The van der Waals surface area contributed by atoms with E-state index in [0.717, 1.165) is 127 Å². The number of nitrogens with zero attached hydrogens (tertiary/aromatic N) is 10. The van der Waals surface area contributed by atoms with Crippen molar-refractivity contribution in [1.29, 1.82) is 0 Å². The van der Waals surface area contributed by atoms with E-state index in [2.05, 4.69) is 279 Å². The molecule has 6 aromatic heterocycles. The van der Waals surface area contributed by atoms with Crippen LogP contribution in [0.4, 0.5) is 0 Å². The Morgan fingerprint density at radius 1 is 0.234 bits per heavy atom. The van der Waals surface area contributed by atoms with Crippen molar-refractivity contribution >= 4 is 43.6 Å². The van der Waals surface area contributed by atoms with E-state index in [1.54, 1.807) is 0 Å². The molecule has 0 amide bonds. The number of aryl methyl sites for hydroxylation is 6. The number of benzene rings is 13. The van der Waals surface area contributed by atoms with Crippen LogP contribution in [0.2, 0.25) is 0 Å². The Morgan fingerprint density at radius 3 is 1.08 bits per heavy atom. The Morgan fingerprint density at radius 2 is 0.622 bits per heavy atom. The Bertz CT molecular complexity index is 6690. The van der Waals surface area contributed by atoms with Crippen molar-refractivity contribution < 1.29 is 0 Å². The molecule has 10 nitrogen and oxygen atoms in total. The van der Waals surface area contributed by atoms with Gasteiger partial charge < -0.3 is 9.13 Å². The molecule has 0 aliphatic rings. The Balaban J connectivity index is 0.759. The molecule has 0 N–H and O–H groups in total. The smallest absolute Gasteiger partial charge is 0.166 e. The van der Waals surface area contributed by atoms with Crippen molar-refractivity contribution in [3.8, 4) is 135 Å². The van der Waals surface area contributed by atoms with Gasteiger partial charge in [0.25, 0.3) is 0 Å². The number of rotatable bonds is 15. The molecule has 528 valence electrons. The monoisotopic (exact) mass is 1430 g/mol. The van der Waals surface area contributed by atoms with Crippen LogP contribution in [0.1, 0.15) is 44.5 Å². The summed E-state index contributed by atoms with van der Waals surface area (Å²) in [5.74, 6) is 3.49. The lowest BCUT2D eigenvalue weighted by Gasteiger charge is -2.17. The standard InChI is InChI=1S/C101H74N10/c1-62-31-39-81(64(3)49-62)76-34-41-83-84-42-35-77(59-94(84)111(93(83)58-76)92-45-37-75(80-30-20-48-103-61-80)56-88(92)101-108-98(72-25-15-9-16-26-72)105-99(109-101)73-27-17-10-18-28-73)82-40-32-68(52-65(82)4)53-69-33-43-89-85(54-69)86-57-78(95-66(5)50-63(2)51-67(95)6)38-46-90(86)110(89)91-44-36-74(79-29-19-47-102-60-79)55-87(91)100-106-96(70-21-11-7-12-22-70)104-97(107-100)71-23-13-8-14-24-71/h7-52,54-61H,53H2,1-6H3. The summed E-state index contributed by atoms with van der Waals surface area (Å²) in [5.41, 5.74) is 32.2. The van der Waals surface area contributed by atoms with E-state index in [1.165, 1.54) is 61.2 Å². The van der Waals surface area contributed by atoms with Crippen molar-refractivity contribution in [2.75, 3.05) is 0 Å². The zero-order chi connectivity index (χ0) is 74.8. The highest BCUT2D eigenvalue weighted by atomic mass is 15.1. The lowest BCUT2D eigenvalue weighted by molar-refractivity contribution is 1.06. The fraction of sp³-hybridized carbons (Fsp3) is 0.0693. The van der Waals surface area contributed by atoms with Gasteiger partial charge in [-0.1, -0.05) is 242 Å². The molecule has 0 bridgehead atoms. The van der Waals surface area contributed by atoms with Gasteiger partial charge in [-0.3, -0.25) is 9.97 Å². The maximum atomic E-state index is 5.42. The molecule has 0 spiro atoms. The number of pyridine rings is 2. The Hall–Kier alpha value is -14.2. The maximum absolute atomic E-state index is 5.42. The highest BCUT2D eigenvalue weighted by Crippen LogP contribution is 2.45. The van der Waals surface area contributed by atoms with Crippen molar-refractivity contribution in [2.45, 2.75) is 48.0 Å². The first-order valence-corrected chi connectivity index (χ1v) is 37.7. The first-order chi connectivity index (χ1) is 54.4. The molecular weight excluding hydrogens is 1350 g/mol. The molecule has 10 heteroatoms. The zero-order valence-corrected chi connectivity index (χ0v) is 62.4. The van der Waals surface area contributed by atoms with E-state index in [9.17, 15) is 0 Å². The molecule has 0 atom stereocenters. The molecule has 0 radical (unpaired) electrons. The van der Waals surface area contributed by atoms with Crippen molar-refractivity contribution in [2.24, 2.45) is 0 Å². The number of aromatic nitrogens is 10. The molecule has 0 saturated carbocycles. The van der Waals surface area contributed by atoms with Crippen LogP contribution in [0.3, 0.4) is 0 Å². The van der Waals surface area contributed by atoms with Crippen LogP contribution in [-0.2, 0) is 6.42 Å². The minimum Gasteiger partial charge on any atom is -0.309 e. The average molecular weight is 1430 g/mol. The maximum Gasteiger partial charge on any atom is 0.166 e. The van der Waals surface area contributed by atoms with Crippen LogP contribution in [-0.4, -0.2) is 49.0 Å². The highest BCUT2D eigenvalue weighted by Gasteiger charge is 2.26. The third kappa shape index (κ3) is 12.7. The molecule has 19 rings (SSSR count). The number of hydrogen-bond acceptors (Lipinski definition) is 8. The van der Waals surface area contributed by atoms with Crippen LogP contribution in [0.5, 0.6) is 0 Å². The SMILES string of the molecule is Cc1ccc(-c2ccc3c4ccc(-c5ccc(Cc6ccc7c(c6)c6cc(-c8c(C)cc(C)cc8C)ccc6n7-c6ccc(-c7cccnc7)cc6-c6nc(-c7ccccc7)nc(-c7ccccc7)n6)cc5C)cc4n(-c4ccc(-c5cccnc5)cc4-c4nc(-c5ccccc5)nc(-c5ccccc5)n4)c3c2)c(C)c1. The summed E-state index contributed by atoms with van der Waals surface area (Å²) >= 11 is 0. The highest BCUT2D eigenvalue weighted by molar-refractivity contribution is 6.13. The van der Waals surface area contributed by atoms with Crippen LogP contribution >= 0.6 is 0 Å². The molecule has 19 aromatic rings. The first kappa shape index (κ1) is 67.4. The van der Waals surface area contributed by atoms with Crippen LogP contribution in [0.25, 0.3) is 179 Å². The lowest BCUT2D eigenvalue weighted by Crippen LogP contribution is -2.04. The van der Waals surface area contributed by atoms with Gasteiger partial charge in [-0.25, -0.2) is 29.9 Å². The Kier molecular flexibility index (Phi) is 17.1. The summed E-state index contributed by atoms with van der Waals surface area (Å²) in [6, 6.07) is 109. The first-order valence-electron chi connectivity index (χ1n) is 37.7. The third-order valence-electron chi connectivity index (χ3n) is 21.6. The molecule has 0 aliphatic carbocycles. The summed E-state index contributed by atoms with van der Waals surface area (Å²) in [6.07, 6.45) is 8.17. The van der Waals surface area contributed by atoms with Gasteiger partial charge in [0, 0.05) is 90.8 Å². The molecule has 13 aromatic carbocycles. The predicted octanol–water partition coefficient (Wildman–Crippen LogP) is 24.8. The molecule has 0 aliphatic heterocycles. The van der Waals surface area contributed by atoms with Gasteiger partial charge in [0.15, 0.2) is 34.9 Å². The summed E-state index contributed by atoms with van der Waals surface area (Å²) in [4.78, 5) is 41.0. The van der Waals surface area contributed by atoms with E-state index in [0.29, 0.717) is 41.4 Å². The molecule has 0 saturated heterocycles. The summed E-state index contributed by atoms with van der Waals surface area (Å²) in [7, 11) is 0. The number of fused-ring (bicyclic) bond motifs is 6. The molecule has 0 fully saturated rings. The summed E-state index contributed by atoms with van der Waals surface area (Å²) < 4.78 is 4.85. The van der Waals surface area contributed by atoms with Crippen molar-refractivity contribution in [3.05, 3.63) is 373 Å². The van der Waals surface area contributed by atoms with Crippen LogP contribution in [0, 0.1) is 41.5 Å². The average Bonchev–Trinajstić information content (AvgIpc) is 1.58. The van der Waals surface area contributed by atoms with Gasteiger partial charge in [-0.15, -0.1) is 0 Å². The molecular formula is C101H74N10. The van der Waals surface area contributed by atoms with E-state index in [-0.39, 0.29) is 0 Å². The fourth-order valence-electron chi connectivity index (χ4n) is 16.5. The minimum atomic E-state index is 0.557. The van der Waals surface area contributed by atoms with Gasteiger partial charge in [-0.2, -0.15) is 0 Å². The largest absolute Gasteiger partial charge is 0.309 e. The molecule has 111 heavy (non-hydrogen) atoms. The normalized spacial score (nSPS) is 11.5. The second kappa shape index (κ2) is 28.2. The minimum absolute atomic E-state index is 0.557.